The maximum Gasteiger partial charge on any atom is 0.596 e. The molecule has 2 aromatic carbocycles. The lowest BCUT2D eigenvalue weighted by Gasteiger charge is -2.28. The van der Waals surface area contributed by atoms with Crippen LogP contribution in [0.1, 0.15) is 37.1 Å². The largest absolute Gasteiger partial charge is 0.596 e. The third kappa shape index (κ3) is 7.36. The van der Waals surface area contributed by atoms with Gasteiger partial charge in [0.15, 0.2) is 12.8 Å². The van der Waals surface area contributed by atoms with E-state index >= 15 is 0 Å². The van der Waals surface area contributed by atoms with Crippen LogP contribution in [-0.2, 0) is 14.8 Å². The van der Waals surface area contributed by atoms with Gasteiger partial charge in [0, 0.05) is 16.7 Å². The summed E-state index contributed by atoms with van der Waals surface area (Å²) in [5, 5.41) is 5.08. The van der Waals surface area contributed by atoms with E-state index in [0.29, 0.717) is 31.7 Å². The molecule has 0 fully saturated rings. The van der Waals surface area contributed by atoms with Crippen LogP contribution in [0.2, 0.25) is 0 Å². The molecule has 0 radical (unpaired) electrons. The molecule has 0 saturated heterocycles. The zero-order valence-electron chi connectivity index (χ0n) is 19.8. The first-order valence-electron chi connectivity index (χ1n) is 10.9. The summed E-state index contributed by atoms with van der Waals surface area (Å²) in [5.74, 6) is -0.269. The van der Waals surface area contributed by atoms with E-state index < -0.39 is 15.6 Å². The Morgan fingerprint density at radius 2 is 1.91 bits per heavy atom. The van der Waals surface area contributed by atoms with E-state index in [1.807, 2.05) is 33.1 Å². The fourth-order valence-corrected chi connectivity index (χ4v) is 5.13. The maximum absolute atomic E-state index is 14.3. The van der Waals surface area contributed by atoms with Gasteiger partial charge in [-0.2, -0.15) is 4.79 Å². The van der Waals surface area contributed by atoms with Gasteiger partial charge in [-0.05, 0) is 69.2 Å². The Labute approximate surface area is 204 Å². The number of hydrogen-bond donors (Lipinski definition) is 1. The van der Waals surface area contributed by atoms with E-state index in [1.54, 1.807) is 35.8 Å². The molecule has 0 spiro atoms. The number of primary sulfonamides is 1. The normalized spacial score (nSPS) is 16.1. The quantitative estimate of drug-likeness (QED) is 0.469. The van der Waals surface area contributed by atoms with E-state index in [9.17, 15) is 17.6 Å². The summed E-state index contributed by atoms with van der Waals surface area (Å²) in [5.41, 5.74) is 0.848. The predicted octanol–water partition coefficient (Wildman–Crippen LogP) is 3.95. The van der Waals surface area contributed by atoms with E-state index in [4.69, 9.17) is 9.88 Å². The van der Waals surface area contributed by atoms with Gasteiger partial charge in [-0.1, -0.05) is 12.1 Å². The summed E-state index contributed by atoms with van der Waals surface area (Å²) in [7, 11) is -3.77. The SMILES string of the molecule is Cc1ccc([C@H](CN2CC=[N+](C(=O)OC(C)(C)C)CC2)Sc2ccc(S(N)(=O)=O)cc2)cc1F. The van der Waals surface area contributed by atoms with Crippen molar-refractivity contribution in [2.75, 3.05) is 26.2 Å². The highest BCUT2D eigenvalue weighted by atomic mass is 32.2. The lowest BCUT2D eigenvalue weighted by Crippen LogP contribution is -2.44. The van der Waals surface area contributed by atoms with Crippen molar-refractivity contribution < 1.29 is 26.9 Å². The van der Waals surface area contributed by atoms with E-state index in [1.165, 1.54) is 23.9 Å². The number of ether oxygens (including phenoxy) is 1. The summed E-state index contributed by atoms with van der Waals surface area (Å²) in [4.78, 5) is 15.4. The predicted molar refractivity (Wildman–Crippen MR) is 131 cm³/mol. The highest BCUT2D eigenvalue weighted by Gasteiger charge is 2.30. The van der Waals surface area contributed by atoms with Crippen LogP contribution in [0.5, 0.6) is 0 Å². The molecule has 1 aliphatic rings. The lowest BCUT2D eigenvalue weighted by atomic mass is 10.1. The molecule has 1 heterocycles. The van der Waals surface area contributed by atoms with Crippen molar-refractivity contribution in [2.24, 2.45) is 5.14 Å². The number of thioether (sulfide) groups is 1. The molecule has 3 rings (SSSR count). The van der Waals surface area contributed by atoms with Gasteiger partial charge in [0.05, 0.1) is 18.0 Å². The minimum absolute atomic E-state index is 0.0441. The molecule has 1 atom stereocenters. The van der Waals surface area contributed by atoms with Crippen LogP contribution in [-0.4, -0.2) is 62.0 Å². The number of sulfonamides is 1. The molecule has 0 bridgehead atoms. The molecule has 2 aromatic rings. The lowest BCUT2D eigenvalue weighted by molar-refractivity contribution is -0.453. The highest BCUT2D eigenvalue weighted by molar-refractivity contribution is 7.99. The Hall–Kier alpha value is -2.27. The van der Waals surface area contributed by atoms with Crippen molar-refractivity contribution in [2.45, 2.75) is 48.3 Å². The number of nitrogens with zero attached hydrogens (tertiary/aromatic N) is 2. The van der Waals surface area contributed by atoms with Gasteiger partial charge < -0.3 is 4.74 Å². The van der Waals surface area contributed by atoms with E-state index in [-0.39, 0.29) is 22.1 Å². The number of nitrogens with two attached hydrogens (primary N) is 1. The van der Waals surface area contributed by atoms with Crippen molar-refractivity contribution in [3.63, 3.8) is 0 Å². The zero-order chi connectivity index (χ0) is 25.1. The molecule has 184 valence electrons. The second-order valence-electron chi connectivity index (χ2n) is 9.25. The number of benzene rings is 2. The Kier molecular flexibility index (Phi) is 8.18. The Morgan fingerprint density at radius 1 is 1.24 bits per heavy atom. The van der Waals surface area contributed by atoms with Crippen LogP contribution in [0.3, 0.4) is 0 Å². The van der Waals surface area contributed by atoms with Crippen LogP contribution in [0.15, 0.2) is 52.3 Å². The fourth-order valence-electron chi connectivity index (χ4n) is 3.42. The third-order valence-electron chi connectivity index (χ3n) is 5.27. The molecule has 10 heteroatoms. The standard InChI is InChI=1S/C24H31FN3O4S2/c1-17-5-6-18(15-21(17)25)22(33-19-7-9-20(10-8-19)34(26,30)31)16-27-11-13-28(14-12-27)23(29)32-24(2,3)4/h5-10,13,15,22H,11-12,14,16H2,1-4H3,(H2,26,30,31)/q+1/t22-/m0/s1. The monoisotopic (exact) mass is 508 g/mol. The smallest absolute Gasteiger partial charge is 0.406 e. The summed E-state index contributed by atoms with van der Waals surface area (Å²) in [6.07, 6.45) is 1.45. The summed E-state index contributed by atoms with van der Waals surface area (Å²) in [6.45, 7) is 9.52. The number of carbonyl (C=O) groups is 1. The highest BCUT2D eigenvalue weighted by Crippen LogP contribution is 2.37. The van der Waals surface area contributed by atoms with Gasteiger partial charge in [-0.3, -0.25) is 4.90 Å². The summed E-state index contributed by atoms with van der Waals surface area (Å²) < 4.78 is 44.5. The van der Waals surface area contributed by atoms with Crippen LogP contribution in [0.25, 0.3) is 0 Å². The first-order valence-corrected chi connectivity index (χ1v) is 13.4. The first-order chi connectivity index (χ1) is 15.8. The third-order valence-corrected chi connectivity index (χ3v) is 7.45. The van der Waals surface area contributed by atoms with E-state index in [2.05, 4.69) is 4.90 Å². The Bertz CT molecular complexity index is 1180. The number of aryl methyl sites for hydroxylation is 1. The molecule has 34 heavy (non-hydrogen) atoms. The van der Waals surface area contributed by atoms with Crippen LogP contribution in [0, 0.1) is 12.7 Å². The molecule has 7 nitrogen and oxygen atoms in total. The molecule has 0 aromatic heterocycles. The summed E-state index contributed by atoms with van der Waals surface area (Å²) in [6, 6.07) is 11.6. The molecule has 1 aliphatic heterocycles. The van der Waals surface area contributed by atoms with Gasteiger partial charge in [-0.25, -0.2) is 17.9 Å². The summed E-state index contributed by atoms with van der Waals surface area (Å²) >= 11 is 1.52. The molecule has 0 aliphatic carbocycles. The van der Waals surface area contributed by atoms with Crippen molar-refractivity contribution >= 4 is 34.1 Å². The second kappa shape index (κ2) is 10.6. The zero-order valence-corrected chi connectivity index (χ0v) is 21.5. The topological polar surface area (TPSA) is 92.7 Å². The Morgan fingerprint density at radius 3 is 2.44 bits per heavy atom. The number of amides is 1. The number of carbonyl (C=O) groups excluding carboxylic acids is 1. The maximum atomic E-state index is 14.3. The molecule has 2 N–H and O–H groups in total. The van der Waals surface area contributed by atoms with Crippen molar-refractivity contribution in [1.29, 1.82) is 0 Å². The minimum atomic E-state index is -3.77. The average molecular weight is 509 g/mol. The van der Waals surface area contributed by atoms with Crippen LogP contribution in [0.4, 0.5) is 9.18 Å². The Balaban J connectivity index is 1.77. The van der Waals surface area contributed by atoms with Gasteiger partial charge in [0.2, 0.25) is 10.0 Å². The number of hydrogen-bond acceptors (Lipinski definition) is 6. The van der Waals surface area contributed by atoms with E-state index in [0.717, 1.165) is 10.5 Å². The first kappa shape index (κ1) is 26.3. The fraction of sp³-hybridized carbons (Fsp3) is 0.417. The van der Waals surface area contributed by atoms with Gasteiger partial charge >= 0.3 is 6.09 Å². The molecule has 1 amide bonds. The second-order valence-corrected chi connectivity index (χ2v) is 12.1. The van der Waals surface area contributed by atoms with Gasteiger partial charge in [-0.15, -0.1) is 16.3 Å². The number of halogens is 1. The van der Waals surface area contributed by atoms with Crippen LogP contribution >= 0.6 is 11.8 Å². The number of rotatable bonds is 6. The van der Waals surface area contributed by atoms with Crippen molar-refractivity contribution in [1.82, 2.24) is 4.90 Å². The minimum Gasteiger partial charge on any atom is -0.406 e. The van der Waals surface area contributed by atoms with Crippen LogP contribution < -0.4 is 5.14 Å². The van der Waals surface area contributed by atoms with Crippen molar-refractivity contribution in [3.8, 4) is 0 Å². The average Bonchev–Trinajstić information content (AvgIpc) is 2.74. The van der Waals surface area contributed by atoms with Gasteiger partial charge in [0.1, 0.15) is 11.4 Å². The van der Waals surface area contributed by atoms with Crippen molar-refractivity contribution in [3.05, 3.63) is 59.4 Å². The molecule has 0 saturated carbocycles. The molecular formula is C24H31FN3O4S2+. The molecular weight excluding hydrogens is 477 g/mol. The molecule has 0 unspecified atom stereocenters. The van der Waals surface area contributed by atoms with Gasteiger partial charge in [0.25, 0.3) is 0 Å².